The highest BCUT2D eigenvalue weighted by atomic mass is 31.2. The molecular weight excluding hydrogens is 710 g/mol. The summed E-state index contributed by atoms with van der Waals surface area (Å²) in [5.74, 6) is 0.584. The van der Waals surface area contributed by atoms with Gasteiger partial charge in [-0.3, -0.25) is 19.4 Å². The van der Waals surface area contributed by atoms with Gasteiger partial charge in [0.25, 0.3) is 0 Å². The van der Waals surface area contributed by atoms with Crippen molar-refractivity contribution in [3.63, 3.8) is 0 Å². The van der Waals surface area contributed by atoms with E-state index in [1.165, 1.54) is 12.3 Å². The summed E-state index contributed by atoms with van der Waals surface area (Å²) in [6.45, 7) is 4.69. The molecule has 5 fully saturated rings. The zero-order chi connectivity index (χ0) is 38.7. The van der Waals surface area contributed by atoms with E-state index < -0.39 is 78.8 Å². The number of nitrogens with zero attached hydrogens (tertiary/aromatic N) is 1. The SMILES string of the molecule is C#CC=[N+](/C=C(\C)C1O[C@@H]2CC3C4CCC5CC(=O)CC[C@]5(C)[C@@]4(F)[C@@H](O)C[C@]3(C)[C@]2(C(=O)CO)O1)Cc1ccc(C(O)CNC)cc1OP(=O)(O)O. The minimum Gasteiger partial charge on any atom is -0.404 e. The minimum atomic E-state index is -4.99. The molecule has 13 nitrogen and oxygen atoms in total. The number of rotatable bonds is 11. The first kappa shape index (κ1) is 39.9. The Kier molecular flexibility index (Phi) is 10.8. The third kappa shape index (κ3) is 6.46. The molecule has 5 unspecified atom stereocenters. The molecule has 0 aromatic heterocycles. The Hall–Kier alpha value is -2.83. The molecule has 0 spiro atoms. The summed E-state index contributed by atoms with van der Waals surface area (Å²) in [5.41, 5.74) is -4.51. The molecule has 0 radical (unpaired) electrons. The molecule has 0 amide bonds. The number of carbonyl (C=O) groups excluding carboxylic acids is 2. The number of fused-ring (bicyclic) bond motifs is 7. The maximum absolute atomic E-state index is 17.8. The molecule has 1 heterocycles. The molecule has 53 heavy (non-hydrogen) atoms. The lowest BCUT2D eigenvalue weighted by atomic mass is 9.42. The number of halogens is 1. The molecule has 11 atom stereocenters. The van der Waals surface area contributed by atoms with E-state index in [4.69, 9.17) is 20.4 Å². The average Bonchev–Trinajstić information content (AvgIpc) is 3.59. The van der Waals surface area contributed by atoms with Crippen molar-refractivity contribution in [1.82, 2.24) is 5.32 Å². The predicted octanol–water partition coefficient (Wildman–Crippen LogP) is 2.86. The fourth-order valence-electron chi connectivity index (χ4n) is 10.8. The smallest absolute Gasteiger partial charge is 0.404 e. The van der Waals surface area contributed by atoms with Crippen molar-refractivity contribution in [2.75, 3.05) is 20.2 Å². The fourth-order valence-corrected chi connectivity index (χ4v) is 11.2. The lowest BCUT2D eigenvalue weighted by Gasteiger charge is -2.65. The number of hydrogen-bond acceptors (Lipinski definition) is 10. The van der Waals surface area contributed by atoms with Crippen LogP contribution in [0.2, 0.25) is 0 Å². The van der Waals surface area contributed by atoms with Gasteiger partial charge in [0.05, 0.1) is 23.9 Å². The van der Waals surface area contributed by atoms with Gasteiger partial charge in [-0.05, 0) is 87.4 Å². The van der Waals surface area contributed by atoms with Gasteiger partial charge in [0.15, 0.2) is 30.4 Å². The number of carbonyl (C=O) groups is 2. The first-order chi connectivity index (χ1) is 24.9. The van der Waals surface area contributed by atoms with Gasteiger partial charge < -0.3 is 34.6 Å². The predicted molar refractivity (Wildman–Crippen MR) is 189 cm³/mol. The molecule has 6 rings (SSSR count). The first-order valence-corrected chi connectivity index (χ1v) is 19.7. The highest BCUT2D eigenvalue weighted by molar-refractivity contribution is 7.46. The van der Waals surface area contributed by atoms with Crippen LogP contribution < -0.4 is 9.84 Å². The Morgan fingerprint density at radius 3 is 2.66 bits per heavy atom. The molecular formula is C38H51FN2O11P+. The van der Waals surface area contributed by atoms with E-state index in [-0.39, 0.29) is 49.8 Å². The van der Waals surface area contributed by atoms with Crippen LogP contribution >= 0.6 is 7.82 Å². The topological polar surface area (TPSA) is 195 Å². The second-order valence-corrected chi connectivity index (χ2v) is 17.2. The number of phosphoric acid groups is 1. The van der Waals surface area contributed by atoms with Crippen LogP contribution in [0.5, 0.6) is 5.75 Å². The van der Waals surface area contributed by atoms with Crippen molar-refractivity contribution in [2.45, 2.75) is 108 Å². The van der Waals surface area contributed by atoms with Crippen molar-refractivity contribution in [1.29, 1.82) is 0 Å². The van der Waals surface area contributed by atoms with E-state index in [9.17, 15) is 39.3 Å². The number of likely N-dealkylation sites (N-methyl/N-ethyl adjacent to an activating group) is 1. The Bertz CT molecular complexity index is 1790. The van der Waals surface area contributed by atoms with Crippen LogP contribution in [0.1, 0.15) is 82.9 Å². The van der Waals surface area contributed by atoms with Crippen molar-refractivity contribution in [3.05, 3.63) is 41.1 Å². The van der Waals surface area contributed by atoms with Crippen molar-refractivity contribution in [2.24, 2.45) is 28.6 Å². The van der Waals surface area contributed by atoms with E-state index in [1.807, 2.05) is 13.8 Å². The van der Waals surface area contributed by atoms with Crippen LogP contribution in [-0.4, -0.2) is 97.4 Å². The molecule has 4 aliphatic carbocycles. The number of nitrogens with one attached hydrogen (secondary N) is 1. The lowest BCUT2D eigenvalue weighted by molar-refractivity contribution is -0.470. The van der Waals surface area contributed by atoms with Crippen molar-refractivity contribution in [3.8, 4) is 18.1 Å². The van der Waals surface area contributed by atoms with Gasteiger partial charge in [0.1, 0.15) is 23.8 Å². The van der Waals surface area contributed by atoms with Gasteiger partial charge in [0, 0.05) is 35.8 Å². The number of terminal acetylenes is 1. The van der Waals surface area contributed by atoms with Gasteiger partial charge in [-0.25, -0.2) is 8.96 Å². The zero-order valence-electron chi connectivity index (χ0n) is 30.5. The standard InChI is InChI=1S/C38H50FN2O11P/c1-6-13-41(20-24-8-7-23(29(44)18-40-5)14-30(24)52-53(47,48)49)19-22(2)34-50-33-16-28-27-10-9-25-15-26(43)11-12-35(25,3)37(27,39)31(45)17-36(28,4)38(33,51-34)32(46)21-42/h1,7-8,13-14,19,25,27-29,31,33-34,40,42,44-45H,9-12,15-18,20-21H2,2-5H3,(H-,47,48,49)/p+1/b22-19+,41-13?/t25?,27?,28?,29?,31-,33+,34?,35-,36-,37-,38+/m0/s1. The maximum atomic E-state index is 17.8. The summed E-state index contributed by atoms with van der Waals surface area (Å²) in [6, 6.07) is 4.50. The molecule has 1 aromatic carbocycles. The fraction of sp³-hybridized carbons (Fsp3) is 0.658. The molecule has 1 aromatic rings. The number of benzene rings is 1. The summed E-state index contributed by atoms with van der Waals surface area (Å²) in [4.78, 5) is 45.5. The number of phosphoric ester groups is 1. The lowest BCUT2D eigenvalue weighted by Crippen LogP contribution is -2.71. The quantitative estimate of drug-likeness (QED) is 0.0837. The monoisotopic (exact) mass is 761 g/mol. The average molecular weight is 762 g/mol. The van der Waals surface area contributed by atoms with Crippen LogP contribution in [0.4, 0.5) is 4.39 Å². The van der Waals surface area contributed by atoms with Gasteiger partial charge in [-0.1, -0.05) is 19.9 Å². The summed E-state index contributed by atoms with van der Waals surface area (Å²) in [7, 11) is -3.34. The van der Waals surface area contributed by atoms with Crippen LogP contribution in [0.25, 0.3) is 0 Å². The molecule has 5 aliphatic rings. The number of ketones is 2. The Morgan fingerprint density at radius 2 is 2.00 bits per heavy atom. The van der Waals surface area contributed by atoms with Crippen molar-refractivity contribution >= 4 is 25.6 Å². The summed E-state index contributed by atoms with van der Waals surface area (Å²) in [6.07, 6.45) is 6.44. The first-order valence-electron chi connectivity index (χ1n) is 18.2. The molecule has 290 valence electrons. The maximum Gasteiger partial charge on any atom is 0.524 e. The van der Waals surface area contributed by atoms with E-state index in [0.717, 1.165) is 0 Å². The van der Waals surface area contributed by atoms with E-state index in [0.29, 0.717) is 42.4 Å². The molecule has 6 N–H and O–H groups in total. The normalized spacial score (nSPS) is 39.0. The third-order valence-corrected chi connectivity index (χ3v) is 13.7. The number of alkyl halides is 1. The summed E-state index contributed by atoms with van der Waals surface area (Å²) < 4.78 is 49.3. The highest BCUT2D eigenvalue weighted by Crippen LogP contribution is 2.72. The van der Waals surface area contributed by atoms with Crippen LogP contribution in [0.15, 0.2) is 30.0 Å². The van der Waals surface area contributed by atoms with Gasteiger partial charge in [-0.2, -0.15) is 4.58 Å². The van der Waals surface area contributed by atoms with Crippen LogP contribution in [0.3, 0.4) is 0 Å². The zero-order valence-corrected chi connectivity index (χ0v) is 31.4. The minimum absolute atomic E-state index is 0.0340. The van der Waals surface area contributed by atoms with Gasteiger partial charge in [-0.15, -0.1) is 6.42 Å². The number of Topliss-reactive ketones (excluding diaryl/α,β-unsaturated/α-hetero) is 2. The Labute approximate surface area is 308 Å². The summed E-state index contributed by atoms with van der Waals surface area (Å²) >= 11 is 0. The van der Waals surface area contributed by atoms with E-state index in [2.05, 4.69) is 11.2 Å². The second kappa shape index (κ2) is 14.3. The molecule has 0 bridgehead atoms. The highest BCUT2D eigenvalue weighted by Gasteiger charge is 2.79. The van der Waals surface area contributed by atoms with Gasteiger partial charge in [0.2, 0.25) is 6.21 Å². The largest absolute Gasteiger partial charge is 0.524 e. The number of ether oxygens (including phenoxy) is 2. The number of hydrogen-bond donors (Lipinski definition) is 6. The molecule has 4 saturated carbocycles. The molecule has 1 aliphatic heterocycles. The third-order valence-electron chi connectivity index (χ3n) is 13.3. The number of aliphatic hydroxyl groups is 3. The molecule has 1 saturated heterocycles. The van der Waals surface area contributed by atoms with Crippen molar-refractivity contribution < 1.29 is 62.2 Å². The number of aliphatic hydroxyl groups excluding tert-OH is 3. The van der Waals surface area contributed by atoms with Gasteiger partial charge >= 0.3 is 7.82 Å². The van der Waals surface area contributed by atoms with E-state index >= 15 is 4.39 Å². The summed E-state index contributed by atoms with van der Waals surface area (Å²) in [5, 5.41) is 35.4. The van der Waals surface area contributed by atoms with Crippen LogP contribution in [-0.2, 0) is 30.2 Å². The van der Waals surface area contributed by atoms with Crippen LogP contribution in [0, 0.1) is 40.9 Å². The molecule has 15 heteroatoms. The van der Waals surface area contributed by atoms with E-state index in [1.54, 1.807) is 36.9 Å². The second-order valence-electron chi connectivity index (χ2n) is 16.0. The Morgan fingerprint density at radius 1 is 1.26 bits per heavy atom. The Balaban J connectivity index is 1.29.